The summed E-state index contributed by atoms with van der Waals surface area (Å²) in [4.78, 5) is 2.57. The molecule has 0 aromatic rings. The van der Waals surface area contributed by atoms with Crippen LogP contribution in [0.15, 0.2) is 0 Å². The Morgan fingerprint density at radius 2 is 2.06 bits per heavy atom. The SMILES string of the molecule is CC(C)CNCCCN(C)CC1CC2CCC1C2. The molecule has 3 atom stereocenters. The van der Waals surface area contributed by atoms with E-state index in [0.29, 0.717) is 0 Å². The lowest BCUT2D eigenvalue weighted by molar-refractivity contribution is 0.218. The van der Waals surface area contributed by atoms with Gasteiger partial charge in [0.15, 0.2) is 0 Å². The van der Waals surface area contributed by atoms with Crippen molar-refractivity contribution in [3.8, 4) is 0 Å². The van der Waals surface area contributed by atoms with Gasteiger partial charge in [0.2, 0.25) is 0 Å². The van der Waals surface area contributed by atoms with E-state index in [2.05, 4.69) is 31.1 Å². The molecule has 2 fully saturated rings. The molecule has 2 bridgehead atoms. The van der Waals surface area contributed by atoms with Crippen molar-refractivity contribution < 1.29 is 0 Å². The Bertz CT molecular complexity index is 239. The van der Waals surface area contributed by atoms with Crippen LogP contribution in [0.3, 0.4) is 0 Å². The van der Waals surface area contributed by atoms with E-state index in [1.165, 1.54) is 45.3 Å². The highest BCUT2D eigenvalue weighted by Gasteiger charge is 2.39. The molecule has 2 aliphatic carbocycles. The molecule has 0 aromatic carbocycles. The third-order valence-corrected chi connectivity index (χ3v) is 4.88. The summed E-state index contributed by atoms with van der Waals surface area (Å²) in [6.45, 7) is 9.50. The Morgan fingerprint density at radius 1 is 1.22 bits per heavy atom. The molecule has 1 N–H and O–H groups in total. The van der Waals surface area contributed by atoms with Gasteiger partial charge in [-0.05, 0) is 76.0 Å². The Hall–Kier alpha value is -0.0800. The fourth-order valence-electron chi connectivity index (χ4n) is 3.96. The maximum Gasteiger partial charge on any atom is 0.000937 e. The summed E-state index contributed by atoms with van der Waals surface area (Å²) >= 11 is 0. The van der Waals surface area contributed by atoms with Gasteiger partial charge in [-0.3, -0.25) is 0 Å². The normalized spacial score (nSPS) is 30.8. The zero-order valence-corrected chi connectivity index (χ0v) is 12.6. The zero-order valence-electron chi connectivity index (χ0n) is 12.6. The van der Waals surface area contributed by atoms with Gasteiger partial charge < -0.3 is 10.2 Å². The monoisotopic (exact) mass is 252 g/mol. The lowest BCUT2D eigenvalue weighted by Crippen LogP contribution is -2.31. The second-order valence-electron chi connectivity index (χ2n) is 7.15. The average Bonchev–Trinajstić information content (AvgIpc) is 2.90. The molecule has 2 rings (SSSR count). The van der Waals surface area contributed by atoms with Crippen LogP contribution in [0, 0.1) is 23.7 Å². The highest BCUT2D eigenvalue weighted by atomic mass is 15.1. The average molecular weight is 252 g/mol. The summed E-state index contributed by atoms with van der Waals surface area (Å²) in [6, 6.07) is 0. The minimum absolute atomic E-state index is 0.775. The number of nitrogens with one attached hydrogen (secondary N) is 1. The predicted octanol–water partition coefficient (Wildman–Crippen LogP) is 2.99. The first-order valence-corrected chi connectivity index (χ1v) is 8.04. The van der Waals surface area contributed by atoms with Crippen LogP contribution in [-0.4, -0.2) is 38.1 Å². The van der Waals surface area contributed by atoms with Crippen LogP contribution in [0.25, 0.3) is 0 Å². The van der Waals surface area contributed by atoms with Crippen LogP contribution in [0.1, 0.15) is 46.0 Å². The Morgan fingerprint density at radius 3 is 2.67 bits per heavy atom. The molecule has 0 spiro atoms. The Balaban J connectivity index is 1.51. The number of rotatable bonds is 8. The van der Waals surface area contributed by atoms with Crippen molar-refractivity contribution in [1.82, 2.24) is 10.2 Å². The largest absolute Gasteiger partial charge is 0.316 e. The molecule has 18 heavy (non-hydrogen) atoms. The maximum absolute atomic E-state index is 3.53. The fourth-order valence-corrected chi connectivity index (χ4v) is 3.96. The molecular formula is C16H32N2. The van der Waals surface area contributed by atoms with E-state index in [4.69, 9.17) is 0 Å². The van der Waals surface area contributed by atoms with Crippen LogP contribution in [0.5, 0.6) is 0 Å². The minimum atomic E-state index is 0.775. The quantitative estimate of drug-likeness (QED) is 0.668. The second-order valence-corrected chi connectivity index (χ2v) is 7.15. The van der Waals surface area contributed by atoms with Crippen LogP contribution >= 0.6 is 0 Å². The van der Waals surface area contributed by atoms with Crippen LogP contribution in [-0.2, 0) is 0 Å². The summed E-state index contributed by atoms with van der Waals surface area (Å²) in [5.74, 6) is 3.98. The van der Waals surface area contributed by atoms with Gasteiger partial charge in [-0.15, -0.1) is 0 Å². The van der Waals surface area contributed by atoms with E-state index in [9.17, 15) is 0 Å². The van der Waals surface area contributed by atoms with E-state index >= 15 is 0 Å². The van der Waals surface area contributed by atoms with E-state index in [1.54, 1.807) is 6.42 Å². The summed E-state index contributed by atoms with van der Waals surface area (Å²) in [6.07, 6.45) is 7.43. The van der Waals surface area contributed by atoms with E-state index in [-0.39, 0.29) is 0 Å². The van der Waals surface area contributed by atoms with E-state index in [0.717, 1.165) is 30.2 Å². The number of nitrogens with zero attached hydrogens (tertiary/aromatic N) is 1. The highest BCUT2D eigenvalue weighted by molar-refractivity contribution is 4.90. The summed E-state index contributed by atoms with van der Waals surface area (Å²) in [7, 11) is 2.31. The lowest BCUT2D eigenvalue weighted by atomic mass is 9.88. The Labute approximate surface area is 114 Å². The van der Waals surface area contributed by atoms with Crippen LogP contribution < -0.4 is 5.32 Å². The highest BCUT2D eigenvalue weighted by Crippen LogP contribution is 2.48. The van der Waals surface area contributed by atoms with Crippen LogP contribution in [0.2, 0.25) is 0 Å². The molecule has 0 radical (unpaired) electrons. The molecule has 106 valence electrons. The molecule has 0 amide bonds. The van der Waals surface area contributed by atoms with E-state index in [1.807, 2.05) is 0 Å². The predicted molar refractivity (Wildman–Crippen MR) is 78.8 cm³/mol. The van der Waals surface area contributed by atoms with Gasteiger partial charge in [0, 0.05) is 6.54 Å². The fraction of sp³-hybridized carbons (Fsp3) is 1.00. The third kappa shape index (κ3) is 4.24. The van der Waals surface area contributed by atoms with Crippen molar-refractivity contribution in [2.45, 2.75) is 46.0 Å². The van der Waals surface area contributed by atoms with Gasteiger partial charge in [0.05, 0.1) is 0 Å². The summed E-state index contributed by atoms with van der Waals surface area (Å²) < 4.78 is 0. The number of fused-ring (bicyclic) bond motifs is 2. The first kappa shape index (κ1) is 14.3. The lowest BCUT2D eigenvalue weighted by Gasteiger charge is -2.27. The van der Waals surface area contributed by atoms with Crippen molar-refractivity contribution in [3.63, 3.8) is 0 Å². The first-order chi connectivity index (χ1) is 8.65. The zero-order chi connectivity index (χ0) is 13.0. The molecule has 0 saturated heterocycles. The molecular weight excluding hydrogens is 220 g/mol. The number of hydrogen-bond acceptors (Lipinski definition) is 2. The smallest absolute Gasteiger partial charge is 0.000937 e. The second kappa shape index (κ2) is 6.91. The van der Waals surface area contributed by atoms with Gasteiger partial charge in [0.25, 0.3) is 0 Å². The molecule has 0 aliphatic heterocycles. The maximum atomic E-state index is 3.53. The van der Waals surface area contributed by atoms with Gasteiger partial charge in [0.1, 0.15) is 0 Å². The van der Waals surface area contributed by atoms with Crippen molar-refractivity contribution in [3.05, 3.63) is 0 Å². The van der Waals surface area contributed by atoms with Crippen LogP contribution in [0.4, 0.5) is 0 Å². The third-order valence-electron chi connectivity index (χ3n) is 4.88. The first-order valence-electron chi connectivity index (χ1n) is 8.04. The van der Waals surface area contributed by atoms with Gasteiger partial charge >= 0.3 is 0 Å². The van der Waals surface area contributed by atoms with Gasteiger partial charge in [-0.2, -0.15) is 0 Å². The van der Waals surface area contributed by atoms with E-state index < -0.39 is 0 Å². The van der Waals surface area contributed by atoms with Gasteiger partial charge in [-0.25, -0.2) is 0 Å². The van der Waals surface area contributed by atoms with Crippen molar-refractivity contribution >= 4 is 0 Å². The number of hydrogen-bond donors (Lipinski definition) is 1. The summed E-state index contributed by atoms with van der Waals surface area (Å²) in [5, 5.41) is 3.53. The topological polar surface area (TPSA) is 15.3 Å². The molecule has 2 heteroatoms. The molecule has 3 unspecified atom stereocenters. The molecule has 2 nitrogen and oxygen atoms in total. The van der Waals surface area contributed by atoms with Gasteiger partial charge in [-0.1, -0.05) is 20.3 Å². The molecule has 2 saturated carbocycles. The molecule has 0 aromatic heterocycles. The summed E-state index contributed by atoms with van der Waals surface area (Å²) in [5.41, 5.74) is 0. The molecule has 2 aliphatic rings. The standard InChI is InChI=1S/C16H32N2/c1-13(2)11-17-7-4-8-18(3)12-16-10-14-5-6-15(16)9-14/h13-17H,4-12H2,1-3H3. The molecule has 0 heterocycles. The van der Waals surface area contributed by atoms with Crippen molar-refractivity contribution in [2.24, 2.45) is 23.7 Å². The van der Waals surface area contributed by atoms with Crippen molar-refractivity contribution in [2.75, 3.05) is 33.2 Å². The minimum Gasteiger partial charge on any atom is -0.316 e. The Kier molecular flexibility index (Phi) is 5.50. The van der Waals surface area contributed by atoms with Crippen molar-refractivity contribution in [1.29, 1.82) is 0 Å².